The molecule has 1 aromatic rings. The summed E-state index contributed by atoms with van der Waals surface area (Å²) in [5.74, 6) is 0. The van der Waals surface area contributed by atoms with Gasteiger partial charge in [-0.3, -0.25) is 0 Å². The minimum Gasteiger partial charge on any atom is -0.310 e. The van der Waals surface area contributed by atoms with Crippen LogP contribution in [0.1, 0.15) is 28.9 Å². The fraction of sp³-hybridized carbons (Fsp3) is 0.667. The van der Waals surface area contributed by atoms with Crippen LogP contribution in [0.3, 0.4) is 0 Å². The molecule has 1 N–H and O–H groups in total. The maximum Gasteiger partial charge on any atom is 0.107 e. The van der Waals surface area contributed by atoms with Crippen LogP contribution in [0.2, 0.25) is 0 Å². The van der Waals surface area contributed by atoms with Crippen molar-refractivity contribution in [2.24, 2.45) is 0 Å². The highest BCUT2D eigenvalue weighted by Crippen LogP contribution is 2.15. The zero-order chi connectivity index (χ0) is 8.97. The molecule has 0 aliphatic heterocycles. The molecule has 1 heterocycles. The molecule has 3 heteroatoms. The first-order valence-electron chi connectivity index (χ1n) is 4.37. The van der Waals surface area contributed by atoms with Crippen LogP contribution in [0.5, 0.6) is 0 Å². The first-order chi connectivity index (χ1) is 5.74. The topological polar surface area (TPSA) is 24.9 Å². The van der Waals surface area contributed by atoms with Gasteiger partial charge in [-0.25, -0.2) is 4.98 Å². The van der Waals surface area contributed by atoms with Crippen molar-refractivity contribution in [2.45, 2.75) is 33.7 Å². The zero-order valence-electron chi connectivity index (χ0n) is 7.98. The van der Waals surface area contributed by atoms with E-state index < -0.39 is 0 Å². The molecule has 0 saturated carbocycles. The molecule has 0 radical (unpaired) electrons. The van der Waals surface area contributed by atoms with Gasteiger partial charge >= 0.3 is 0 Å². The number of rotatable bonds is 4. The first-order valence-corrected chi connectivity index (χ1v) is 5.19. The van der Waals surface area contributed by atoms with Crippen molar-refractivity contribution in [3.05, 3.63) is 15.6 Å². The Balaban J connectivity index is 2.42. The highest BCUT2D eigenvalue weighted by atomic mass is 32.1. The van der Waals surface area contributed by atoms with E-state index in [-0.39, 0.29) is 0 Å². The SMILES string of the molecule is CCCNCc1nc(C)c(C)s1. The minimum atomic E-state index is 0.924. The van der Waals surface area contributed by atoms with Crippen LogP contribution in [0.25, 0.3) is 0 Å². The molecular weight excluding hydrogens is 168 g/mol. The molecule has 0 atom stereocenters. The second-order valence-corrected chi connectivity index (χ2v) is 4.21. The number of aryl methyl sites for hydroxylation is 2. The summed E-state index contributed by atoms with van der Waals surface area (Å²) in [5, 5.41) is 4.55. The molecule has 1 aromatic heterocycles. The van der Waals surface area contributed by atoms with Crippen molar-refractivity contribution < 1.29 is 0 Å². The first kappa shape index (κ1) is 9.68. The Morgan fingerprint density at radius 2 is 2.17 bits per heavy atom. The molecule has 0 aliphatic rings. The van der Waals surface area contributed by atoms with Gasteiger partial charge in [0.1, 0.15) is 5.01 Å². The number of nitrogens with zero attached hydrogens (tertiary/aromatic N) is 1. The molecule has 0 amide bonds. The van der Waals surface area contributed by atoms with Crippen LogP contribution >= 0.6 is 11.3 Å². The lowest BCUT2D eigenvalue weighted by molar-refractivity contribution is 0.672. The van der Waals surface area contributed by atoms with Gasteiger partial charge < -0.3 is 5.32 Å². The van der Waals surface area contributed by atoms with Crippen molar-refractivity contribution in [3.8, 4) is 0 Å². The predicted molar refractivity (Wildman–Crippen MR) is 53.6 cm³/mol. The lowest BCUT2D eigenvalue weighted by Gasteiger charge is -1.97. The number of thiazole rings is 1. The molecule has 0 unspecified atom stereocenters. The average molecular weight is 184 g/mol. The molecule has 68 valence electrons. The van der Waals surface area contributed by atoms with E-state index in [2.05, 4.69) is 31.1 Å². The molecule has 0 saturated heterocycles. The van der Waals surface area contributed by atoms with E-state index in [9.17, 15) is 0 Å². The van der Waals surface area contributed by atoms with Crippen molar-refractivity contribution in [2.75, 3.05) is 6.54 Å². The van der Waals surface area contributed by atoms with Gasteiger partial charge in [0.15, 0.2) is 0 Å². The average Bonchev–Trinajstić information content (AvgIpc) is 2.32. The Morgan fingerprint density at radius 1 is 1.42 bits per heavy atom. The molecule has 0 aliphatic carbocycles. The summed E-state index contributed by atoms with van der Waals surface area (Å²) in [4.78, 5) is 5.77. The van der Waals surface area contributed by atoms with Crippen LogP contribution in [0.15, 0.2) is 0 Å². The summed E-state index contributed by atoms with van der Waals surface area (Å²) < 4.78 is 0. The summed E-state index contributed by atoms with van der Waals surface area (Å²) in [6.07, 6.45) is 1.18. The fourth-order valence-corrected chi connectivity index (χ4v) is 1.89. The monoisotopic (exact) mass is 184 g/mol. The number of hydrogen-bond donors (Lipinski definition) is 1. The Kier molecular flexibility index (Phi) is 3.69. The molecular formula is C9H16N2S. The van der Waals surface area contributed by atoms with Gasteiger partial charge in [-0.2, -0.15) is 0 Å². The third-order valence-electron chi connectivity index (χ3n) is 1.78. The molecule has 0 fully saturated rings. The van der Waals surface area contributed by atoms with Gasteiger partial charge in [-0.05, 0) is 26.8 Å². The Labute approximate surface area is 78.0 Å². The maximum atomic E-state index is 4.44. The third-order valence-corrected chi connectivity index (χ3v) is 2.85. The lowest BCUT2D eigenvalue weighted by Crippen LogP contribution is -2.13. The number of nitrogens with one attached hydrogen (secondary N) is 1. The summed E-state index contributed by atoms with van der Waals surface area (Å²) >= 11 is 1.79. The second-order valence-electron chi connectivity index (χ2n) is 2.93. The van der Waals surface area contributed by atoms with E-state index in [1.807, 2.05) is 0 Å². The van der Waals surface area contributed by atoms with Gasteiger partial charge in [-0.1, -0.05) is 6.92 Å². The highest BCUT2D eigenvalue weighted by molar-refractivity contribution is 7.11. The number of hydrogen-bond acceptors (Lipinski definition) is 3. The van der Waals surface area contributed by atoms with E-state index in [4.69, 9.17) is 0 Å². The van der Waals surface area contributed by atoms with Crippen LogP contribution in [0, 0.1) is 13.8 Å². The van der Waals surface area contributed by atoms with Gasteiger partial charge in [0.2, 0.25) is 0 Å². The molecule has 0 aromatic carbocycles. The zero-order valence-corrected chi connectivity index (χ0v) is 8.79. The van der Waals surface area contributed by atoms with E-state index >= 15 is 0 Å². The molecule has 1 rings (SSSR count). The number of aromatic nitrogens is 1. The highest BCUT2D eigenvalue weighted by Gasteiger charge is 2.01. The summed E-state index contributed by atoms with van der Waals surface area (Å²) in [7, 11) is 0. The fourth-order valence-electron chi connectivity index (χ4n) is 0.987. The molecule has 12 heavy (non-hydrogen) atoms. The second kappa shape index (κ2) is 4.58. The minimum absolute atomic E-state index is 0.924. The normalized spacial score (nSPS) is 10.6. The summed E-state index contributed by atoms with van der Waals surface area (Å²) in [6.45, 7) is 8.36. The van der Waals surface area contributed by atoms with Gasteiger partial charge in [-0.15, -0.1) is 11.3 Å². The molecule has 2 nitrogen and oxygen atoms in total. The third kappa shape index (κ3) is 2.57. The van der Waals surface area contributed by atoms with Crippen molar-refractivity contribution in [1.82, 2.24) is 10.3 Å². The van der Waals surface area contributed by atoms with Crippen molar-refractivity contribution >= 4 is 11.3 Å². The molecule has 0 spiro atoms. The standard InChI is InChI=1S/C9H16N2S/c1-4-5-10-6-9-11-7(2)8(3)12-9/h10H,4-6H2,1-3H3. The van der Waals surface area contributed by atoms with Crippen molar-refractivity contribution in [3.63, 3.8) is 0 Å². The lowest BCUT2D eigenvalue weighted by atomic mass is 10.4. The molecule has 0 bridgehead atoms. The van der Waals surface area contributed by atoms with Gasteiger partial charge in [0.05, 0.1) is 5.69 Å². The smallest absolute Gasteiger partial charge is 0.107 e. The van der Waals surface area contributed by atoms with E-state index in [0.29, 0.717) is 0 Å². The van der Waals surface area contributed by atoms with Crippen LogP contribution in [-0.2, 0) is 6.54 Å². The Hall–Kier alpha value is -0.410. The van der Waals surface area contributed by atoms with Gasteiger partial charge in [0, 0.05) is 11.4 Å². The maximum absolute atomic E-state index is 4.44. The van der Waals surface area contributed by atoms with Gasteiger partial charge in [0.25, 0.3) is 0 Å². The summed E-state index contributed by atoms with van der Waals surface area (Å²) in [5.41, 5.74) is 1.17. The Bertz CT molecular complexity index is 223. The van der Waals surface area contributed by atoms with Crippen LogP contribution in [0.4, 0.5) is 0 Å². The van der Waals surface area contributed by atoms with E-state index in [1.54, 1.807) is 11.3 Å². The van der Waals surface area contributed by atoms with Crippen LogP contribution in [-0.4, -0.2) is 11.5 Å². The van der Waals surface area contributed by atoms with Crippen LogP contribution < -0.4 is 5.32 Å². The Morgan fingerprint density at radius 3 is 2.67 bits per heavy atom. The largest absolute Gasteiger partial charge is 0.310 e. The van der Waals surface area contributed by atoms with E-state index in [0.717, 1.165) is 13.1 Å². The van der Waals surface area contributed by atoms with Crippen molar-refractivity contribution in [1.29, 1.82) is 0 Å². The summed E-state index contributed by atoms with van der Waals surface area (Å²) in [6, 6.07) is 0. The quantitative estimate of drug-likeness (QED) is 0.726. The predicted octanol–water partition coefficient (Wildman–Crippen LogP) is 2.26. The van der Waals surface area contributed by atoms with E-state index in [1.165, 1.54) is 22.0 Å².